The lowest BCUT2D eigenvalue weighted by atomic mass is 9.92. The van der Waals surface area contributed by atoms with Gasteiger partial charge in [0.25, 0.3) is 0 Å². The molecule has 7 aromatic carbocycles. The normalized spacial score (nSPS) is 12.0. The van der Waals surface area contributed by atoms with Crippen LogP contribution in [0.15, 0.2) is 150 Å². The Morgan fingerprint density at radius 2 is 1.05 bits per heavy atom. The van der Waals surface area contributed by atoms with Crippen molar-refractivity contribution in [2.24, 2.45) is 0 Å². The maximum Gasteiger partial charge on any atom is 0.135 e. The molecular weight excluding hydrogens is 512 g/mol. The van der Waals surface area contributed by atoms with Crippen molar-refractivity contribution in [3.8, 4) is 56.4 Å². The second-order valence-electron chi connectivity index (χ2n) is 10.9. The van der Waals surface area contributed by atoms with Crippen LogP contribution in [0.5, 0.6) is 11.5 Å². The van der Waals surface area contributed by atoms with E-state index in [4.69, 9.17) is 9.15 Å². The molecule has 196 valence electrons. The third kappa shape index (κ3) is 3.52. The Morgan fingerprint density at radius 1 is 0.357 bits per heavy atom. The molecule has 1 aliphatic rings. The molecule has 0 radical (unpaired) electrons. The fourth-order valence-corrected chi connectivity index (χ4v) is 6.48. The summed E-state index contributed by atoms with van der Waals surface area (Å²) in [5.74, 6) is 3.48. The molecule has 8 aromatic rings. The number of hydrogen-bond acceptors (Lipinski definition) is 2. The minimum atomic E-state index is 0.850. The smallest absolute Gasteiger partial charge is 0.135 e. The monoisotopic (exact) mass is 536 g/mol. The summed E-state index contributed by atoms with van der Waals surface area (Å²) < 4.78 is 12.7. The molecular formula is C40H24O2. The number of furan rings is 1. The van der Waals surface area contributed by atoms with Crippen LogP contribution in [-0.2, 0) is 0 Å². The fraction of sp³-hybridized carbons (Fsp3) is 0. The van der Waals surface area contributed by atoms with Gasteiger partial charge < -0.3 is 9.15 Å². The predicted molar refractivity (Wildman–Crippen MR) is 173 cm³/mol. The number of hydrogen-bond donors (Lipinski definition) is 0. The lowest BCUT2D eigenvalue weighted by Crippen LogP contribution is -1.97. The van der Waals surface area contributed by atoms with Crippen LogP contribution in [0.2, 0.25) is 0 Å². The largest absolute Gasteiger partial charge is 0.456 e. The van der Waals surface area contributed by atoms with E-state index < -0.39 is 0 Å². The van der Waals surface area contributed by atoms with Gasteiger partial charge in [-0.2, -0.15) is 0 Å². The van der Waals surface area contributed by atoms with Gasteiger partial charge in [-0.25, -0.2) is 0 Å². The van der Waals surface area contributed by atoms with Gasteiger partial charge in [0.15, 0.2) is 0 Å². The van der Waals surface area contributed by atoms with E-state index in [1.54, 1.807) is 0 Å². The van der Waals surface area contributed by atoms with Crippen molar-refractivity contribution >= 4 is 32.3 Å². The summed E-state index contributed by atoms with van der Waals surface area (Å²) in [7, 11) is 0. The molecule has 0 saturated heterocycles. The number of fused-ring (bicyclic) bond motifs is 5. The molecule has 2 heteroatoms. The van der Waals surface area contributed by atoms with Crippen LogP contribution in [0, 0.1) is 0 Å². The molecule has 42 heavy (non-hydrogen) atoms. The van der Waals surface area contributed by atoms with E-state index >= 15 is 0 Å². The van der Waals surface area contributed by atoms with Gasteiger partial charge >= 0.3 is 0 Å². The van der Waals surface area contributed by atoms with Crippen molar-refractivity contribution in [2.45, 2.75) is 0 Å². The molecule has 0 amide bonds. The Hall–Kier alpha value is -5.60. The third-order valence-corrected chi connectivity index (χ3v) is 8.49. The molecule has 0 saturated carbocycles. The minimum Gasteiger partial charge on any atom is -0.456 e. The highest BCUT2D eigenvalue weighted by molar-refractivity contribution is 6.12. The summed E-state index contributed by atoms with van der Waals surface area (Å²) in [6, 6.07) is 51.3. The van der Waals surface area contributed by atoms with Crippen LogP contribution in [-0.4, -0.2) is 0 Å². The molecule has 1 aromatic heterocycles. The van der Waals surface area contributed by atoms with Gasteiger partial charge in [-0.1, -0.05) is 109 Å². The van der Waals surface area contributed by atoms with E-state index in [2.05, 4.69) is 121 Å². The predicted octanol–water partition coefficient (Wildman–Crippen LogP) is 11.5. The first kappa shape index (κ1) is 23.1. The fourth-order valence-electron chi connectivity index (χ4n) is 6.48. The van der Waals surface area contributed by atoms with Crippen molar-refractivity contribution in [2.75, 3.05) is 0 Å². The van der Waals surface area contributed by atoms with Crippen molar-refractivity contribution in [1.29, 1.82) is 0 Å². The highest BCUT2D eigenvalue weighted by Crippen LogP contribution is 2.48. The summed E-state index contributed by atoms with van der Waals surface area (Å²) in [5, 5.41) is 7.37. The summed E-state index contributed by atoms with van der Waals surface area (Å²) >= 11 is 0. The molecule has 0 fully saturated rings. The molecule has 0 unspecified atom stereocenters. The Morgan fingerprint density at radius 3 is 1.98 bits per heavy atom. The molecule has 9 rings (SSSR count). The number of para-hydroxylation sites is 1. The summed E-state index contributed by atoms with van der Waals surface area (Å²) in [4.78, 5) is 0. The Bertz CT molecular complexity index is 2320. The van der Waals surface area contributed by atoms with Crippen molar-refractivity contribution in [3.05, 3.63) is 146 Å². The SMILES string of the molecule is c1ccc2c(c1)Oc1cccc3cc(-c4ccc(-c5ccc(-c6cccc7c6ccc6ccccc67)cc5)o4)cc-2c13. The van der Waals surface area contributed by atoms with Crippen molar-refractivity contribution in [3.63, 3.8) is 0 Å². The molecule has 0 bridgehead atoms. The third-order valence-electron chi connectivity index (χ3n) is 8.49. The highest BCUT2D eigenvalue weighted by atomic mass is 16.5. The van der Waals surface area contributed by atoms with Gasteiger partial charge in [0.05, 0.1) is 0 Å². The average Bonchev–Trinajstić information content (AvgIpc) is 3.55. The first-order valence-electron chi connectivity index (χ1n) is 14.3. The molecule has 0 aliphatic carbocycles. The average molecular weight is 537 g/mol. The standard InChI is InChI=1S/C40H24O2/c1-2-9-30-25(7-1)19-20-33-31(11-6-12-32(30)33)26-15-17-27(18-16-26)36-21-22-37(41-36)29-23-28-8-5-14-39-40(28)35(24-29)34-10-3-4-13-38(34)42-39/h1-24H. The van der Waals surface area contributed by atoms with E-state index in [-0.39, 0.29) is 0 Å². The van der Waals surface area contributed by atoms with Crippen molar-refractivity contribution < 1.29 is 9.15 Å². The molecule has 2 heterocycles. The number of ether oxygens (including phenoxy) is 1. The maximum atomic E-state index is 6.47. The van der Waals surface area contributed by atoms with Crippen LogP contribution in [0.1, 0.15) is 0 Å². The molecule has 1 aliphatic heterocycles. The van der Waals surface area contributed by atoms with Crippen LogP contribution in [0.4, 0.5) is 0 Å². The van der Waals surface area contributed by atoms with Crippen LogP contribution >= 0.6 is 0 Å². The van der Waals surface area contributed by atoms with Crippen LogP contribution < -0.4 is 4.74 Å². The summed E-state index contributed by atoms with van der Waals surface area (Å²) in [6.45, 7) is 0. The zero-order valence-electron chi connectivity index (χ0n) is 22.7. The maximum absolute atomic E-state index is 6.47. The van der Waals surface area contributed by atoms with E-state index in [0.29, 0.717) is 0 Å². The van der Waals surface area contributed by atoms with E-state index in [1.807, 2.05) is 24.3 Å². The number of rotatable bonds is 3. The Labute approximate surface area is 243 Å². The van der Waals surface area contributed by atoms with Gasteiger partial charge in [0, 0.05) is 22.1 Å². The lowest BCUT2D eigenvalue weighted by molar-refractivity contribution is 0.487. The molecule has 2 nitrogen and oxygen atoms in total. The zero-order valence-corrected chi connectivity index (χ0v) is 22.7. The van der Waals surface area contributed by atoms with Crippen LogP contribution in [0.3, 0.4) is 0 Å². The van der Waals surface area contributed by atoms with Gasteiger partial charge in [-0.15, -0.1) is 0 Å². The van der Waals surface area contributed by atoms with E-state index in [0.717, 1.165) is 50.5 Å². The zero-order chi connectivity index (χ0) is 27.6. The second-order valence-corrected chi connectivity index (χ2v) is 10.9. The second kappa shape index (κ2) is 8.95. The lowest BCUT2D eigenvalue weighted by Gasteiger charge is -2.21. The molecule has 0 N–H and O–H groups in total. The van der Waals surface area contributed by atoms with Gasteiger partial charge in [0.1, 0.15) is 23.0 Å². The quantitative estimate of drug-likeness (QED) is 0.210. The topological polar surface area (TPSA) is 22.4 Å². The first-order chi connectivity index (χ1) is 20.8. The molecule has 0 atom stereocenters. The minimum absolute atomic E-state index is 0.850. The summed E-state index contributed by atoms with van der Waals surface area (Å²) in [6.07, 6.45) is 0. The van der Waals surface area contributed by atoms with Gasteiger partial charge in [-0.05, 0) is 80.0 Å². The van der Waals surface area contributed by atoms with Gasteiger partial charge in [-0.3, -0.25) is 0 Å². The number of benzene rings is 7. The van der Waals surface area contributed by atoms with Gasteiger partial charge in [0.2, 0.25) is 0 Å². The Kier molecular flexibility index (Phi) is 4.93. The van der Waals surface area contributed by atoms with E-state index in [1.165, 1.54) is 38.2 Å². The van der Waals surface area contributed by atoms with Crippen LogP contribution in [0.25, 0.3) is 77.2 Å². The van der Waals surface area contributed by atoms with Crippen molar-refractivity contribution in [1.82, 2.24) is 0 Å². The molecule has 0 spiro atoms. The summed E-state index contributed by atoms with van der Waals surface area (Å²) in [5.41, 5.74) is 6.81. The first-order valence-corrected chi connectivity index (χ1v) is 14.3. The van der Waals surface area contributed by atoms with E-state index in [9.17, 15) is 0 Å². The Balaban J connectivity index is 1.09. The highest BCUT2D eigenvalue weighted by Gasteiger charge is 2.21.